The van der Waals surface area contributed by atoms with Crippen molar-refractivity contribution in [2.75, 3.05) is 30.3 Å². The van der Waals surface area contributed by atoms with Crippen LogP contribution < -0.4 is 10.6 Å². The minimum atomic E-state index is 0.391. The standard InChI is InChI=1S/C16H28N4O/c1-4-7-14-19-15(17-6-3)10-16(20-14)18-11-12-8-9-21-13(12)5-2/h10,12-13H,4-9,11H2,1-3H3,(H2,17,18,19,20). The molecule has 0 bridgehead atoms. The van der Waals surface area contributed by atoms with Crippen molar-refractivity contribution in [3.63, 3.8) is 0 Å². The predicted molar refractivity (Wildman–Crippen MR) is 86.8 cm³/mol. The maximum Gasteiger partial charge on any atom is 0.133 e. The molecule has 1 aromatic heterocycles. The molecule has 1 fully saturated rings. The number of aromatic nitrogens is 2. The summed E-state index contributed by atoms with van der Waals surface area (Å²) in [5, 5.41) is 6.76. The summed E-state index contributed by atoms with van der Waals surface area (Å²) in [6.45, 7) is 9.10. The average Bonchev–Trinajstić information content (AvgIpc) is 2.93. The van der Waals surface area contributed by atoms with Crippen molar-refractivity contribution in [2.24, 2.45) is 5.92 Å². The van der Waals surface area contributed by atoms with Crippen LogP contribution in [0.5, 0.6) is 0 Å². The molecule has 2 unspecified atom stereocenters. The highest BCUT2D eigenvalue weighted by molar-refractivity contribution is 5.47. The van der Waals surface area contributed by atoms with Gasteiger partial charge in [0.2, 0.25) is 0 Å². The van der Waals surface area contributed by atoms with Crippen molar-refractivity contribution >= 4 is 11.6 Å². The third kappa shape index (κ3) is 4.56. The third-order valence-electron chi connectivity index (χ3n) is 3.90. The van der Waals surface area contributed by atoms with Crippen LogP contribution >= 0.6 is 0 Å². The van der Waals surface area contributed by atoms with Gasteiger partial charge < -0.3 is 15.4 Å². The molecule has 1 saturated heterocycles. The number of hydrogen-bond donors (Lipinski definition) is 2. The molecule has 1 aromatic rings. The largest absolute Gasteiger partial charge is 0.378 e. The van der Waals surface area contributed by atoms with E-state index in [1.165, 1.54) is 0 Å². The molecular weight excluding hydrogens is 264 g/mol. The number of ether oxygens (including phenoxy) is 1. The van der Waals surface area contributed by atoms with Gasteiger partial charge in [0.1, 0.15) is 17.5 Å². The van der Waals surface area contributed by atoms with Gasteiger partial charge in [-0.25, -0.2) is 9.97 Å². The minimum Gasteiger partial charge on any atom is -0.378 e. The van der Waals surface area contributed by atoms with E-state index in [0.29, 0.717) is 12.0 Å². The van der Waals surface area contributed by atoms with Gasteiger partial charge in [-0.3, -0.25) is 0 Å². The molecule has 5 heteroatoms. The van der Waals surface area contributed by atoms with Crippen LogP contribution in [0.15, 0.2) is 6.07 Å². The first-order valence-electron chi connectivity index (χ1n) is 8.24. The van der Waals surface area contributed by atoms with E-state index < -0.39 is 0 Å². The Morgan fingerprint density at radius 2 is 1.95 bits per heavy atom. The maximum atomic E-state index is 5.74. The fourth-order valence-corrected chi connectivity index (χ4v) is 2.81. The molecule has 2 heterocycles. The summed E-state index contributed by atoms with van der Waals surface area (Å²) >= 11 is 0. The summed E-state index contributed by atoms with van der Waals surface area (Å²) < 4.78 is 5.74. The van der Waals surface area contributed by atoms with E-state index in [1.54, 1.807) is 0 Å². The SMILES string of the molecule is CCCc1nc(NCC)cc(NCC2CCOC2CC)n1. The fourth-order valence-electron chi connectivity index (χ4n) is 2.81. The number of anilines is 2. The molecule has 21 heavy (non-hydrogen) atoms. The Morgan fingerprint density at radius 3 is 2.62 bits per heavy atom. The van der Waals surface area contributed by atoms with Crippen LogP contribution in [0.3, 0.4) is 0 Å². The number of nitrogens with zero attached hydrogens (tertiary/aromatic N) is 2. The van der Waals surface area contributed by atoms with Gasteiger partial charge in [-0.05, 0) is 26.2 Å². The molecule has 5 nitrogen and oxygen atoms in total. The summed E-state index contributed by atoms with van der Waals surface area (Å²) in [5.74, 6) is 3.33. The summed E-state index contributed by atoms with van der Waals surface area (Å²) in [7, 11) is 0. The van der Waals surface area contributed by atoms with Gasteiger partial charge in [0, 0.05) is 38.1 Å². The van der Waals surface area contributed by atoms with E-state index in [2.05, 4.69) is 41.4 Å². The van der Waals surface area contributed by atoms with E-state index in [4.69, 9.17) is 4.74 Å². The molecule has 2 N–H and O–H groups in total. The van der Waals surface area contributed by atoms with E-state index in [0.717, 1.165) is 62.8 Å². The van der Waals surface area contributed by atoms with E-state index >= 15 is 0 Å². The lowest BCUT2D eigenvalue weighted by atomic mass is 10.00. The number of nitrogens with one attached hydrogen (secondary N) is 2. The molecule has 118 valence electrons. The zero-order valence-electron chi connectivity index (χ0n) is 13.5. The van der Waals surface area contributed by atoms with Crippen LogP contribution in [0.4, 0.5) is 11.6 Å². The Balaban J connectivity index is 2.00. The monoisotopic (exact) mass is 292 g/mol. The molecule has 2 rings (SSSR count). The molecule has 1 aliphatic rings. The first-order valence-corrected chi connectivity index (χ1v) is 8.24. The van der Waals surface area contributed by atoms with Crippen LogP contribution in [0.2, 0.25) is 0 Å². The molecule has 2 atom stereocenters. The molecule has 0 radical (unpaired) electrons. The van der Waals surface area contributed by atoms with E-state index in [9.17, 15) is 0 Å². The molecule has 0 saturated carbocycles. The lowest BCUT2D eigenvalue weighted by molar-refractivity contribution is 0.0900. The summed E-state index contributed by atoms with van der Waals surface area (Å²) in [5.41, 5.74) is 0. The van der Waals surface area contributed by atoms with Gasteiger partial charge >= 0.3 is 0 Å². The van der Waals surface area contributed by atoms with Gasteiger partial charge in [0.05, 0.1) is 6.10 Å². The Hall–Kier alpha value is -1.36. The minimum absolute atomic E-state index is 0.391. The fraction of sp³-hybridized carbons (Fsp3) is 0.750. The highest BCUT2D eigenvalue weighted by Gasteiger charge is 2.26. The van der Waals surface area contributed by atoms with Crippen molar-refractivity contribution in [1.29, 1.82) is 0 Å². The third-order valence-corrected chi connectivity index (χ3v) is 3.90. The van der Waals surface area contributed by atoms with Crippen molar-refractivity contribution in [3.8, 4) is 0 Å². The van der Waals surface area contributed by atoms with Crippen LogP contribution in [0.1, 0.15) is 45.9 Å². The van der Waals surface area contributed by atoms with Gasteiger partial charge in [0.25, 0.3) is 0 Å². The highest BCUT2D eigenvalue weighted by atomic mass is 16.5. The first kappa shape index (κ1) is 16.0. The number of rotatable bonds is 8. The van der Waals surface area contributed by atoms with Gasteiger partial charge in [-0.15, -0.1) is 0 Å². The maximum absolute atomic E-state index is 5.74. The molecule has 1 aliphatic heterocycles. The molecular formula is C16H28N4O. The van der Waals surface area contributed by atoms with Crippen molar-refractivity contribution in [1.82, 2.24) is 9.97 Å². The second kappa shape index (κ2) is 8.17. The predicted octanol–water partition coefficient (Wildman–Crippen LogP) is 3.09. The quantitative estimate of drug-likeness (QED) is 0.771. The average molecular weight is 292 g/mol. The van der Waals surface area contributed by atoms with Crippen LogP contribution in [-0.2, 0) is 11.2 Å². The topological polar surface area (TPSA) is 59.1 Å². The van der Waals surface area contributed by atoms with Crippen molar-refractivity contribution in [3.05, 3.63) is 11.9 Å². The Morgan fingerprint density at radius 1 is 1.19 bits per heavy atom. The lowest BCUT2D eigenvalue weighted by Crippen LogP contribution is -2.23. The van der Waals surface area contributed by atoms with Crippen LogP contribution in [0.25, 0.3) is 0 Å². The van der Waals surface area contributed by atoms with Crippen molar-refractivity contribution in [2.45, 2.75) is 52.6 Å². The Kier molecular flexibility index (Phi) is 6.23. The second-order valence-corrected chi connectivity index (χ2v) is 5.58. The van der Waals surface area contributed by atoms with Gasteiger partial charge in [-0.1, -0.05) is 13.8 Å². The number of aryl methyl sites for hydroxylation is 1. The smallest absolute Gasteiger partial charge is 0.133 e. The number of hydrogen-bond acceptors (Lipinski definition) is 5. The zero-order chi connectivity index (χ0) is 15.1. The summed E-state index contributed by atoms with van der Waals surface area (Å²) in [6.07, 6.45) is 4.59. The molecule has 0 aromatic carbocycles. The lowest BCUT2D eigenvalue weighted by Gasteiger charge is -2.18. The van der Waals surface area contributed by atoms with Crippen LogP contribution in [-0.4, -0.2) is 35.8 Å². The van der Waals surface area contributed by atoms with Crippen molar-refractivity contribution < 1.29 is 4.74 Å². The summed E-state index contributed by atoms with van der Waals surface area (Å²) in [4.78, 5) is 9.15. The molecule has 0 spiro atoms. The molecule has 0 amide bonds. The Labute approximate surface area is 127 Å². The highest BCUT2D eigenvalue weighted by Crippen LogP contribution is 2.24. The van der Waals surface area contributed by atoms with E-state index in [1.807, 2.05) is 6.07 Å². The second-order valence-electron chi connectivity index (χ2n) is 5.58. The normalized spacial score (nSPS) is 21.5. The molecule has 0 aliphatic carbocycles. The van der Waals surface area contributed by atoms with Crippen LogP contribution in [0, 0.1) is 5.92 Å². The Bertz CT molecular complexity index is 414. The first-order chi connectivity index (χ1) is 10.3. The van der Waals surface area contributed by atoms with E-state index in [-0.39, 0.29) is 0 Å². The van der Waals surface area contributed by atoms with Gasteiger partial charge in [-0.2, -0.15) is 0 Å². The van der Waals surface area contributed by atoms with Gasteiger partial charge in [0.15, 0.2) is 0 Å². The summed E-state index contributed by atoms with van der Waals surface area (Å²) in [6, 6.07) is 2.00. The zero-order valence-corrected chi connectivity index (χ0v) is 13.5.